The van der Waals surface area contributed by atoms with E-state index >= 15 is 0 Å². The summed E-state index contributed by atoms with van der Waals surface area (Å²) >= 11 is 0. The molecular formula is C20H25ClN2O2. The highest BCUT2D eigenvalue weighted by atomic mass is 35.5. The molecule has 0 bridgehead atoms. The Hall–Kier alpha value is -2.20. The first-order valence-electron chi connectivity index (χ1n) is 8.41. The van der Waals surface area contributed by atoms with Crippen LogP contribution < -0.4 is 15.8 Å². The Morgan fingerprint density at radius 1 is 1.24 bits per heavy atom. The second kappa shape index (κ2) is 8.26. The number of para-hydroxylation sites is 1. The van der Waals surface area contributed by atoms with E-state index < -0.39 is 0 Å². The molecule has 0 spiro atoms. The number of halogens is 1. The molecule has 0 radical (unpaired) electrons. The van der Waals surface area contributed by atoms with E-state index in [4.69, 9.17) is 10.5 Å². The second-order valence-electron chi connectivity index (χ2n) is 6.48. The highest BCUT2D eigenvalue weighted by molar-refractivity contribution is 5.85. The normalized spacial score (nSPS) is 15.7. The van der Waals surface area contributed by atoms with Gasteiger partial charge >= 0.3 is 0 Å². The zero-order chi connectivity index (χ0) is 17.1. The lowest BCUT2D eigenvalue weighted by Crippen LogP contribution is -2.34. The molecule has 1 aliphatic carbocycles. The van der Waals surface area contributed by atoms with Crippen molar-refractivity contribution in [1.82, 2.24) is 5.32 Å². The van der Waals surface area contributed by atoms with Gasteiger partial charge in [-0.15, -0.1) is 12.4 Å². The molecule has 134 valence electrons. The fraction of sp³-hybridized carbons (Fsp3) is 0.350. The molecule has 1 amide bonds. The SMILES string of the molecule is Cc1cccc(C)c1OCC(=O)NC1CCCc2cc(N)ccc21.Cl. The van der Waals surface area contributed by atoms with Gasteiger partial charge in [0.1, 0.15) is 5.75 Å². The van der Waals surface area contributed by atoms with Crippen LogP contribution in [0.2, 0.25) is 0 Å². The number of nitrogens with two attached hydrogens (primary N) is 1. The average molecular weight is 361 g/mol. The third-order valence-electron chi connectivity index (χ3n) is 4.57. The highest BCUT2D eigenvalue weighted by Gasteiger charge is 2.22. The van der Waals surface area contributed by atoms with Crippen molar-refractivity contribution in [3.63, 3.8) is 0 Å². The summed E-state index contributed by atoms with van der Waals surface area (Å²) in [5.41, 5.74) is 11.1. The minimum Gasteiger partial charge on any atom is -0.483 e. The molecule has 1 unspecified atom stereocenters. The number of carbonyl (C=O) groups excluding carboxylic acids is 1. The number of benzene rings is 2. The molecular weight excluding hydrogens is 336 g/mol. The number of fused-ring (bicyclic) bond motifs is 1. The van der Waals surface area contributed by atoms with Gasteiger partial charge in [-0.25, -0.2) is 0 Å². The minimum absolute atomic E-state index is 0. The van der Waals surface area contributed by atoms with Crippen LogP contribution in [-0.4, -0.2) is 12.5 Å². The van der Waals surface area contributed by atoms with Gasteiger partial charge in [0.2, 0.25) is 0 Å². The summed E-state index contributed by atoms with van der Waals surface area (Å²) in [4.78, 5) is 12.3. The van der Waals surface area contributed by atoms with Gasteiger partial charge in [-0.1, -0.05) is 24.3 Å². The van der Waals surface area contributed by atoms with E-state index in [0.29, 0.717) is 0 Å². The van der Waals surface area contributed by atoms with Crippen molar-refractivity contribution >= 4 is 24.0 Å². The fourth-order valence-electron chi connectivity index (χ4n) is 3.38. The molecule has 0 saturated carbocycles. The van der Waals surface area contributed by atoms with Crippen molar-refractivity contribution in [3.05, 3.63) is 58.7 Å². The first-order chi connectivity index (χ1) is 11.5. The van der Waals surface area contributed by atoms with Gasteiger partial charge in [-0.05, 0) is 67.5 Å². The monoisotopic (exact) mass is 360 g/mol. The number of aryl methyl sites for hydroxylation is 3. The van der Waals surface area contributed by atoms with Crippen molar-refractivity contribution < 1.29 is 9.53 Å². The standard InChI is InChI=1S/C20H24N2O2.ClH/c1-13-5-3-6-14(2)20(13)24-12-19(23)22-18-8-4-7-15-11-16(21)9-10-17(15)18;/h3,5-6,9-11,18H,4,7-8,12,21H2,1-2H3,(H,22,23);1H. The molecule has 0 saturated heterocycles. The van der Waals surface area contributed by atoms with Crippen LogP contribution in [0.1, 0.15) is 41.1 Å². The van der Waals surface area contributed by atoms with Crippen molar-refractivity contribution in [3.8, 4) is 5.75 Å². The highest BCUT2D eigenvalue weighted by Crippen LogP contribution is 2.31. The van der Waals surface area contributed by atoms with Gasteiger partial charge in [0.05, 0.1) is 6.04 Å². The Morgan fingerprint density at radius 2 is 1.96 bits per heavy atom. The maximum absolute atomic E-state index is 12.3. The van der Waals surface area contributed by atoms with Gasteiger partial charge < -0.3 is 15.8 Å². The molecule has 1 atom stereocenters. The maximum atomic E-state index is 12.3. The van der Waals surface area contributed by atoms with Gasteiger partial charge in [0.25, 0.3) is 5.91 Å². The summed E-state index contributed by atoms with van der Waals surface area (Å²) in [6.07, 6.45) is 3.02. The first-order valence-corrected chi connectivity index (χ1v) is 8.41. The van der Waals surface area contributed by atoms with Crippen molar-refractivity contribution in [2.24, 2.45) is 0 Å². The zero-order valence-electron chi connectivity index (χ0n) is 14.7. The lowest BCUT2D eigenvalue weighted by Gasteiger charge is -2.26. The summed E-state index contributed by atoms with van der Waals surface area (Å²) < 4.78 is 5.75. The quantitative estimate of drug-likeness (QED) is 0.813. The van der Waals surface area contributed by atoms with E-state index in [1.807, 2.05) is 50.2 Å². The zero-order valence-corrected chi connectivity index (χ0v) is 15.5. The molecule has 2 aromatic rings. The van der Waals surface area contributed by atoms with Crippen LogP contribution in [0.5, 0.6) is 5.75 Å². The van der Waals surface area contributed by atoms with Crippen LogP contribution in [0.3, 0.4) is 0 Å². The number of rotatable bonds is 4. The van der Waals surface area contributed by atoms with Crippen LogP contribution in [0, 0.1) is 13.8 Å². The van der Waals surface area contributed by atoms with Crippen LogP contribution in [0.4, 0.5) is 5.69 Å². The summed E-state index contributed by atoms with van der Waals surface area (Å²) in [6.45, 7) is 4.01. The number of anilines is 1. The lowest BCUT2D eigenvalue weighted by molar-refractivity contribution is -0.124. The topological polar surface area (TPSA) is 64.3 Å². The number of carbonyl (C=O) groups is 1. The maximum Gasteiger partial charge on any atom is 0.258 e. The molecule has 0 aromatic heterocycles. The lowest BCUT2D eigenvalue weighted by atomic mass is 9.87. The van der Waals surface area contributed by atoms with E-state index in [1.165, 1.54) is 11.1 Å². The van der Waals surface area contributed by atoms with Gasteiger partial charge in [0, 0.05) is 5.69 Å². The predicted octanol–water partition coefficient (Wildman–Crippen LogP) is 3.88. The Labute approximate surface area is 155 Å². The molecule has 0 heterocycles. The minimum atomic E-state index is -0.0904. The van der Waals surface area contributed by atoms with Crippen molar-refractivity contribution in [1.29, 1.82) is 0 Å². The molecule has 25 heavy (non-hydrogen) atoms. The van der Waals surface area contributed by atoms with Crippen LogP contribution in [0.25, 0.3) is 0 Å². The van der Waals surface area contributed by atoms with Crippen LogP contribution >= 0.6 is 12.4 Å². The summed E-state index contributed by atoms with van der Waals surface area (Å²) in [5.74, 6) is 0.705. The van der Waals surface area contributed by atoms with E-state index in [-0.39, 0.29) is 31.0 Å². The number of ether oxygens (including phenoxy) is 1. The number of amides is 1. The Bertz CT molecular complexity index is 741. The summed E-state index contributed by atoms with van der Waals surface area (Å²) in [6, 6.07) is 12.0. The molecule has 2 aromatic carbocycles. The number of hydrogen-bond donors (Lipinski definition) is 2. The van der Waals surface area contributed by atoms with E-state index in [1.54, 1.807) is 0 Å². The molecule has 0 fully saturated rings. The summed E-state index contributed by atoms with van der Waals surface area (Å²) in [7, 11) is 0. The van der Waals surface area contributed by atoms with E-state index in [2.05, 4.69) is 5.32 Å². The van der Waals surface area contributed by atoms with Gasteiger partial charge in [0.15, 0.2) is 6.61 Å². The fourth-order valence-corrected chi connectivity index (χ4v) is 3.38. The second-order valence-corrected chi connectivity index (χ2v) is 6.48. The third kappa shape index (κ3) is 4.45. The molecule has 3 N–H and O–H groups in total. The largest absolute Gasteiger partial charge is 0.483 e. The Morgan fingerprint density at radius 3 is 2.68 bits per heavy atom. The number of nitrogens with one attached hydrogen (secondary N) is 1. The van der Waals surface area contributed by atoms with E-state index in [9.17, 15) is 4.79 Å². The average Bonchev–Trinajstić information content (AvgIpc) is 2.54. The predicted molar refractivity (Wildman–Crippen MR) is 103 cm³/mol. The van der Waals surface area contributed by atoms with Gasteiger partial charge in [-0.3, -0.25) is 4.79 Å². The van der Waals surface area contributed by atoms with Crippen LogP contribution in [0.15, 0.2) is 36.4 Å². The summed E-state index contributed by atoms with van der Waals surface area (Å²) in [5, 5.41) is 3.10. The number of hydrogen-bond acceptors (Lipinski definition) is 3. The molecule has 1 aliphatic rings. The first kappa shape index (κ1) is 19.1. The van der Waals surface area contributed by atoms with Crippen molar-refractivity contribution in [2.75, 3.05) is 12.3 Å². The molecule has 5 heteroatoms. The number of nitrogen functional groups attached to an aromatic ring is 1. The van der Waals surface area contributed by atoms with E-state index in [0.717, 1.165) is 41.8 Å². The third-order valence-corrected chi connectivity index (χ3v) is 4.57. The molecule has 3 rings (SSSR count). The Kier molecular flexibility index (Phi) is 6.32. The molecule has 4 nitrogen and oxygen atoms in total. The van der Waals surface area contributed by atoms with Gasteiger partial charge in [-0.2, -0.15) is 0 Å². The molecule has 0 aliphatic heterocycles. The smallest absolute Gasteiger partial charge is 0.258 e. The van der Waals surface area contributed by atoms with Crippen LogP contribution in [-0.2, 0) is 11.2 Å². The Balaban J connectivity index is 0.00000225. The van der Waals surface area contributed by atoms with Crippen molar-refractivity contribution in [2.45, 2.75) is 39.2 Å².